The maximum absolute atomic E-state index is 11.0. The van der Waals surface area contributed by atoms with E-state index in [0.29, 0.717) is 6.42 Å². The fourth-order valence-electron chi connectivity index (χ4n) is 0.797. The lowest BCUT2D eigenvalue weighted by molar-refractivity contribution is -0.128. The molecule has 2 unspecified atom stereocenters. The molecule has 0 rings (SSSR count). The molecule has 0 bridgehead atoms. The van der Waals surface area contributed by atoms with Gasteiger partial charge in [-0.25, -0.2) is 0 Å². The van der Waals surface area contributed by atoms with Crippen LogP contribution in [0, 0.1) is 10.8 Å². The van der Waals surface area contributed by atoms with Gasteiger partial charge < -0.3 is 5.73 Å². The van der Waals surface area contributed by atoms with Crippen LogP contribution in [0.5, 0.6) is 0 Å². The average Bonchev–Trinajstić information content (AvgIpc) is 2.12. The van der Waals surface area contributed by atoms with Gasteiger partial charge in [-0.1, -0.05) is 13.8 Å². The Morgan fingerprint density at radius 2 is 2.00 bits per heavy atom. The smallest absolute Gasteiger partial charge is 0.303 e. The van der Waals surface area contributed by atoms with Crippen LogP contribution >= 0.6 is 0 Å². The first-order valence-corrected chi connectivity index (χ1v) is 3.70. The molecular formula is C7H12N2O3. The molecule has 68 valence electrons. The third-order valence-electron chi connectivity index (χ3n) is 1.77. The molecule has 0 aromatic carbocycles. The van der Waals surface area contributed by atoms with Gasteiger partial charge in [-0.15, -0.1) is 4.91 Å². The maximum atomic E-state index is 11.0. The number of carbonyl (C=O) groups is 2. The molecule has 0 fully saturated rings. The Morgan fingerprint density at radius 3 is 2.33 bits per heavy atom. The second-order valence-corrected chi connectivity index (χ2v) is 2.56. The summed E-state index contributed by atoms with van der Waals surface area (Å²) in [5.41, 5.74) is 5.28. The second kappa shape index (κ2) is 4.71. The molecule has 0 aliphatic rings. The summed E-state index contributed by atoms with van der Waals surface area (Å²) in [5.74, 6) is -1.73. The van der Waals surface area contributed by atoms with Gasteiger partial charge in [-0.3, -0.25) is 9.59 Å². The first kappa shape index (κ1) is 10.9. The largest absolute Gasteiger partial charge is 0.319 e. The van der Waals surface area contributed by atoms with Crippen molar-refractivity contribution in [2.24, 2.45) is 16.8 Å². The summed E-state index contributed by atoms with van der Waals surface area (Å²) in [6.45, 7) is 3.18. The van der Waals surface area contributed by atoms with E-state index >= 15 is 0 Å². The number of carbonyl (C=O) groups excluding carboxylic acids is 2. The van der Waals surface area contributed by atoms with Crippen LogP contribution in [0.2, 0.25) is 0 Å². The van der Waals surface area contributed by atoms with Gasteiger partial charge in [0, 0.05) is 17.5 Å². The molecule has 1 amide bonds. The molecule has 0 aliphatic heterocycles. The van der Waals surface area contributed by atoms with Crippen molar-refractivity contribution in [2.45, 2.75) is 26.3 Å². The number of amides is 1. The van der Waals surface area contributed by atoms with Crippen molar-refractivity contribution in [2.75, 3.05) is 0 Å². The SMILES string of the molecule is CCC(=O)C(C)C(N)C(=O)N=O. The van der Waals surface area contributed by atoms with Crippen LogP contribution in [-0.4, -0.2) is 17.7 Å². The van der Waals surface area contributed by atoms with Crippen LogP contribution in [0.4, 0.5) is 0 Å². The fourth-order valence-corrected chi connectivity index (χ4v) is 0.797. The third kappa shape index (κ3) is 2.50. The van der Waals surface area contributed by atoms with Gasteiger partial charge in [0.25, 0.3) is 0 Å². The number of ketones is 1. The first-order chi connectivity index (χ1) is 5.54. The molecule has 0 aromatic rings. The molecule has 0 heterocycles. The number of nitrogens with zero attached hydrogens (tertiary/aromatic N) is 1. The molecule has 5 heteroatoms. The lowest BCUT2D eigenvalue weighted by Crippen LogP contribution is -2.39. The van der Waals surface area contributed by atoms with Gasteiger partial charge in [0.1, 0.15) is 5.78 Å². The van der Waals surface area contributed by atoms with E-state index in [1.807, 2.05) is 0 Å². The van der Waals surface area contributed by atoms with E-state index in [4.69, 9.17) is 5.73 Å². The highest BCUT2D eigenvalue weighted by Crippen LogP contribution is 2.06. The number of nitroso groups, excluding NO2 is 1. The third-order valence-corrected chi connectivity index (χ3v) is 1.77. The summed E-state index contributed by atoms with van der Waals surface area (Å²) in [4.78, 5) is 31.4. The van der Waals surface area contributed by atoms with E-state index in [1.54, 1.807) is 6.92 Å². The van der Waals surface area contributed by atoms with Crippen molar-refractivity contribution in [1.29, 1.82) is 0 Å². The molecule has 0 spiro atoms. The Hall–Kier alpha value is -1.10. The van der Waals surface area contributed by atoms with E-state index in [9.17, 15) is 14.5 Å². The van der Waals surface area contributed by atoms with Crippen molar-refractivity contribution in [3.05, 3.63) is 4.91 Å². The zero-order valence-electron chi connectivity index (χ0n) is 7.11. The van der Waals surface area contributed by atoms with Gasteiger partial charge >= 0.3 is 5.91 Å². The number of rotatable bonds is 4. The molecule has 5 nitrogen and oxygen atoms in total. The van der Waals surface area contributed by atoms with Gasteiger partial charge in [-0.05, 0) is 0 Å². The summed E-state index contributed by atoms with van der Waals surface area (Å²) < 4.78 is 0. The maximum Gasteiger partial charge on any atom is 0.303 e. The van der Waals surface area contributed by atoms with Gasteiger partial charge in [0.15, 0.2) is 0 Å². The minimum absolute atomic E-state index is 0.139. The minimum Gasteiger partial charge on any atom is -0.319 e. The summed E-state index contributed by atoms with van der Waals surface area (Å²) in [6, 6.07) is -1.09. The zero-order chi connectivity index (χ0) is 9.72. The molecule has 12 heavy (non-hydrogen) atoms. The van der Waals surface area contributed by atoms with E-state index < -0.39 is 17.9 Å². The molecule has 0 radical (unpaired) electrons. The van der Waals surface area contributed by atoms with E-state index in [2.05, 4.69) is 5.18 Å². The van der Waals surface area contributed by atoms with Crippen LogP contribution in [0.1, 0.15) is 20.3 Å². The highest BCUT2D eigenvalue weighted by Gasteiger charge is 2.25. The molecule has 2 N–H and O–H groups in total. The summed E-state index contributed by atoms with van der Waals surface area (Å²) in [7, 11) is 0. The first-order valence-electron chi connectivity index (χ1n) is 3.70. The number of hydrogen-bond acceptors (Lipinski definition) is 4. The highest BCUT2D eigenvalue weighted by atomic mass is 16.3. The van der Waals surface area contributed by atoms with Crippen LogP contribution in [-0.2, 0) is 9.59 Å². The lowest BCUT2D eigenvalue weighted by atomic mass is 9.96. The van der Waals surface area contributed by atoms with Gasteiger partial charge in [0.2, 0.25) is 0 Å². The highest BCUT2D eigenvalue weighted by molar-refractivity contribution is 5.90. The Bertz CT molecular complexity index is 203. The lowest BCUT2D eigenvalue weighted by Gasteiger charge is -2.12. The van der Waals surface area contributed by atoms with Crippen LogP contribution in [0.3, 0.4) is 0 Å². The summed E-state index contributed by atoms with van der Waals surface area (Å²) in [5, 5.41) is 2.16. The number of hydrogen-bond donors (Lipinski definition) is 1. The molecule has 0 saturated heterocycles. The predicted molar refractivity (Wildman–Crippen MR) is 43.2 cm³/mol. The van der Waals surface area contributed by atoms with Gasteiger partial charge in [0.05, 0.1) is 6.04 Å². The molecule has 2 atom stereocenters. The minimum atomic E-state index is -1.09. The number of nitrogens with two attached hydrogens (primary N) is 1. The Balaban J connectivity index is 4.27. The van der Waals surface area contributed by atoms with Crippen molar-refractivity contribution in [3.63, 3.8) is 0 Å². The average molecular weight is 172 g/mol. The normalized spacial score (nSPS) is 14.9. The Morgan fingerprint density at radius 1 is 1.50 bits per heavy atom. The number of Topliss-reactive ketones (excluding diaryl/α,β-unsaturated/α-hetero) is 1. The van der Waals surface area contributed by atoms with Crippen molar-refractivity contribution in [3.8, 4) is 0 Å². The Labute approximate surface area is 70.3 Å². The summed E-state index contributed by atoms with van der Waals surface area (Å²) in [6.07, 6.45) is 0.307. The van der Waals surface area contributed by atoms with Crippen molar-refractivity contribution >= 4 is 11.7 Å². The van der Waals surface area contributed by atoms with Crippen molar-refractivity contribution in [1.82, 2.24) is 0 Å². The second-order valence-electron chi connectivity index (χ2n) is 2.56. The topological polar surface area (TPSA) is 89.6 Å². The zero-order valence-corrected chi connectivity index (χ0v) is 7.11. The quantitative estimate of drug-likeness (QED) is 0.614. The predicted octanol–water partition coefficient (Wildman–Crippen LogP) is 0.222. The molecular weight excluding hydrogens is 160 g/mol. The monoisotopic (exact) mass is 172 g/mol. The van der Waals surface area contributed by atoms with E-state index in [1.165, 1.54) is 6.92 Å². The van der Waals surface area contributed by atoms with Crippen LogP contribution in [0.25, 0.3) is 0 Å². The Kier molecular flexibility index (Phi) is 4.28. The molecule has 0 aliphatic carbocycles. The summed E-state index contributed by atoms with van der Waals surface area (Å²) >= 11 is 0. The van der Waals surface area contributed by atoms with Crippen LogP contribution in [0.15, 0.2) is 5.18 Å². The fraction of sp³-hybridized carbons (Fsp3) is 0.714. The van der Waals surface area contributed by atoms with E-state index in [-0.39, 0.29) is 5.78 Å². The van der Waals surface area contributed by atoms with E-state index in [0.717, 1.165) is 0 Å². The molecule has 0 aromatic heterocycles. The van der Waals surface area contributed by atoms with Crippen molar-refractivity contribution < 1.29 is 9.59 Å². The van der Waals surface area contributed by atoms with Gasteiger partial charge in [-0.2, -0.15) is 0 Å². The standard InChI is InChI=1S/C7H12N2O3/c1-3-5(10)4(2)6(8)7(11)9-12/h4,6H,3,8H2,1-2H3. The van der Waals surface area contributed by atoms with Crippen LogP contribution < -0.4 is 5.73 Å². The molecule has 0 saturated carbocycles.